The summed E-state index contributed by atoms with van der Waals surface area (Å²) in [4.78, 5) is 24.9. The van der Waals surface area contributed by atoms with Crippen LogP contribution in [0, 0.1) is 0 Å². The Balaban J connectivity index is 1.63. The van der Waals surface area contributed by atoms with E-state index in [0.29, 0.717) is 41.3 Å². The number of anilines is 1. The van der Waals surface area contributed by atoms with Gasteiger partial charge in [0, 0.05) is 23.6 Å². The van der Waals surface area contributed by atoms with Crippen molar-refractivity contribution in [1.82, 2.24) is 10.2 Å². The van der Waals surface area contributed by atoms with Crippen molar-refractivity contribution in [3.63, 3.8) is 0 Å². The van der Waals surface area contributed by atoms with Crippen molar-refractivity contribution in [3.05, 3.63) is 58.4 Å². The highest BCUT2D eigenvalue weighted by molar-refractivity contribution is 6.04. The third-order valence-electron chi connectivity index (χ3n) is 3.90. The monoisotopic (exact) mass is 337 g/mol. The smallest absolute Gasteiger partial charge is 0.280 e. The van der Waals surface area contributed by atoms with Crippen LogP contribution in [0.1, 0.15) is 16.9 Å². The molecule has 0 spiro atoms. The average Bonchev–Trinajstić information content (AvgIpc) is 2.87. The van der Waals surface area contributed by atoms with Gasteiger partial charge in [0.25, 0.3) is 5.91 Å². The Morgan fingerprint density at radius 3 is 2.76 bits per heavy atom. The molecule has 1 aliphatic rings. The SMILES string of the molecule is O=C(Nc1ccc2c(c1)OCCCO2)c1n[nH]c2ccccc2c1=O. The minimum Gasteiger partial charge on any atom is -0.490 e. The van der Waals surface area contributed by atoms with E-state index in [9.17, 15) is 9.59 Å². The molecule has 0 saturated carbocycles. The van der Waals surface area contributed by atoms with Crippen molar-refractivity contribution in [3.8, 4) is 11.5 Å². The van der Waals surface area contributed by atoms with Gasteiger partial charge in [-0.15, -0.1) is 0 Å². The van der Waals surface area contributed by atoms with Crippen molar-refractivity contribution in [2.75, 3.05) is 18.5 Å². The number of benzene rings is 2. The van der Waals surface area contributed by atoms with Crippen molar-refractivity contribution < 1.29 is 14.3 Å². The van der Waals surface area contributed by atoms with Gasteiger partial charge in [-0.05, 0) is 24.3 Å². The molecule has 0 unspecified atom stereocenters. The molecule has 0 fully saturated rings. The van der Waals surface area contributed by atoms with Gasteiger partial charge < -0.3 is 14.8 Å². The molecule has 1 aromatic heterocycles. The van der Waals surface area contributed by atoms with E-state index in [-0.39, 0.29) is 5.69 Å². The number of amides is 1. The van der Waals surface area contributed by atoms with Gasteiger partial charge in [-0.25, -0.2) is 0 Å². The summed E-state index contributed by atoms with van der Waals surface area (Å²) in [5.41, 5.74) is 0.482. The van der Waals surface area contributed by atoms with Crippen molar-refractivity contribution in [2.45, 2.75) is 6.42 Å². The quantitative estimate of drug-likeness (QED) is 0.749. The summed E-state index contributed by atoms with van der Waals surface area (Å²) in [6.45, 7) is 1.14. The summed E-state index contributed by atoms with van der Waals surface area (Å²) < 4.78 is 11.2. The maximum absolute atomic E-state index is 12.5. The molecule has 2 heterocycles. The fourth-order valence-electron chi connectivity index (χ4n) is 2.66. The maximum Gasteiger partial charge on any atom is 0.280 e. The van der Waals surface area contributed by atoms with Gasteiger partial charge in [-0.3, -0.25) is 14.7 Å². The molecule has 1 amide bonds. The first-order valence-corrected chi connectivity index (χ1v) is 7.91. The van der Waals surface area contributed by atoms with Gasteiger partial charge in [0.1, 0.15) is 0 Å². The zero-order valence-electron chi connectivity index (χ0n) is 13.2. The van der Waals surface area contributed by atoms with Gasteiger partial charge in [-0.1, -0.05) is 12.1 Å². The molecule has 1 aliphatic heterocycles. The Bertz CT molecular complexity index is 1010. The van der Waals surface area contributed by atoms with E-state index in [1.807, 2.05) is 0 Å². The highest BCUT2D eigenvalue weighted by Gasteiger charge is 2.17. The molecule has 0 saturated heterocycles. The minimum atomic E-state index is -0.582. The topological polar surface area (TPSA) is 93.3 Å². The molecule has 25 heavy (non-hydrogen) atoms. The molecule has 2 aromatic carbocycles. The molecule has 7 nitrogen and oxygen atoms in total. The van der Waals surface area contributed by atoms with Crippen LogP contribution in [-0.2, 0) is 0 Å². The van der Waals surface area contributed by atoms with Crippen LogP contribution in [0.5, 0.6) is 11.5 Å². The Hall–Kier alpha value is -3.35. The summed E-state index contributed by atoms with van der Waals surface area (Å²) in [5.74, 6) is 0.620. The summed E-state index contributed by atoms with van der Waals surface area (Å²) >= 11 is 0. The molecule has 2 N–H and O–H groups in total. The summed E-state index contributed by atoms with van der Waals surface area (Å²) in [5, 5.41) is 9.72. The highest BCUT2D eigenvalue weighted by Crippen LogP contribution is 2.32. The van der Waals surface area contributed by atoms with Gasteiger partial charge in [0.2, 0.25) is 5.43 Å². The van der Waals surface area contributed by atoms with Gasteiger partial charge >= 0.3 is 0 Å². The summed E-state index contributed by atoms with van der Waals surface area (Å²) in [6.07, 6.45) is 0.798. The number of H-pyrrole nitrogens is 1. The van der Waals surface area contributed by atoms with E-state index in [4.69, 9.17) is 9.47 Å². The van der Waals surface area contributed by atoms with E-state index in [0.717, 1.165) is 6.42 Å². The Morgan fingerprint density at radius 2 is 1.88 bits per heavy atom. The third-order valence-corrected chi connectivity index (χ3v) is 3.90. The second kappa shape index (κ2) is 6.27. The van der Waals surface area contributed by atoms with Crippen LogP contribution in [0.2, 0.25) is 0 Å². The number of ether oxygens (including phenoxy) is 2. The first kappa shape index (κ1) is 15.2. The number of hydrogen-bond donors (Lipinski definition) is 2. The van der Waals surface area contributed by atoms with E-state index < -0.39 is 11.3 Å². The molecular formula is C18H15N3O4. The summed E-state index contributed by atoms with van der Waals surface area (Å²) in [6, 6.07) is 12.0. The maximum atomic E-state index is 12.5. The fourth-order valence-corrected chi connectivity index (χ4v) is 2.66. The highest BCUT2D eigenvalue weighted by atomic mass is 16.5. The molecular weight excluding hydrogens is 322 g/mol. The molecule has 0 aliphatic carbocycles. The largest absolute Gasteiger partial charge is 0.490 e. The second-order valence-electron chi connectivity index (χ2n) is 5.61. The van der Waals surface area contributed by atoms with Crippen molar-refractivity contribution in [1.29, 1.82) is 0 Å². The predicted molar refractivity (Wildman–Crippen MR) is 92.4 cm³/mol. The number of aromatic amines is 1. The van der Waals surface area contributed by atoms with Crippen LogP contribution in [0.4, 0.5) is 5.69 Å². The Kier molecular flexibility index (Phi) is 3.81. The Labute approximate surface area is 142 Å². The predicted octanol–water partition coefficient (Wildman–Crippen LogP) is 2.34. The first-order valence-electron chi connectivity index (χ1n) is 7.91. The van der Waals surface area contributed by atoms with Gasteiger partial charge in [0.05, 0.1) is 18.7 Å². The lowest BCUT2D eigenvalue weighted by Crippen LogP contribution is -2.24. The van der Waals surface area contributed by atoms with E-state index in [1.165, 1.54) is 0 Å². The fraction of sp³-hybridized carbons (Fsp3) is 0.167. The van der Waals surface area contributed by atoms with Crippen molar-refractivity contribution >= 4 is 22.5 Å². The van der Waals surface area contributed by atoms with Crippen molar-refractivity contribution in [2.24, 2.45) is 0 Å². The standard InChI is InChI=1S/C18H15N3O4/c22-17-12-4-1-2-5-13(12)20-21-16(17)18(23)19-11-6-7-14-15(10-11)25-9-3-8-24-14/h1-2,4-7,10H,3,8-9H2,(H,19,23)(H,20,22). The normalized spacial score (nSPS) is 13.3. The number of nitrogens with zero attached hydrogens (tertiary/aromatic N) is 1. The van der Waals surface area contributed by atoms with Crippen LogP contribution in [0.3, 0.4) is 0 Å². The first-order chi connectivity index (χ1) is 12.2. The van der Waals surface area contributed by atoms with Gasteiger partial charge in [0.15, 0.2) is 17.2 Å². The molecule has 0 bridgehead atoms. The van der Waals surface area contributed by atoms with Crippen LogP contribution in [-0.4, -0.2) is 29.3 Å². The lowest BCUT2D eigenvalue weighted by molar-refractivity contribution is 0.102. The van der Waals surface area contributed by atoms with E-state index >= 15 is 0 Å². The van der Waals surface area contributed by atoms with E-state index in [2.05, 4.69) is 15.5 Å². The average molecular weight is 337 g/mol. The number of carbonyl (C=O) groups is 1. The number of carbonyl (C=O) groups excluding carboxylic acids is 1. The lowest BCUT2D eigenvalue weighted by atomic mass is 10.2. The Morgan fingerprint density at radius 1 is 1.08 bits per heavy atom. The second-order valence-corrected chi connectivity index (χ2v) is 5.61. The van der Waals surface area contributed by atoms with E-state index in [1.54, 1.807) is 42.5 Å². The number of fused-ring (bicyclic) bond motifs is 2. The van der Waals surface area contributed by atoms with Crippen LogP contribution in [0.25, 0.3) is 10.9 Å². The number of aromatic nitrogens is 2. The number of rotatable bonds is 2. The summed E-state index contributed by atoms with van der Waals surface area (Å²) in [7, 11) is 0. The number of para-hydroxylation sites is 1. The molecule has 0 atom stereocenters. The molecule has 126 valence electrons. The molecule has 7 heteroatoms. The third kappa shape index (κ3) is 2.91. The molecule has 3 aromatic rings. The zero-order valence-corrected chi connectivity index (χ0v) is 13.2. The van der Waals surface area contributed by atoms with Gasteiger partial charge in [-0.2, -0.15) is 5.10 Å². The van der Waals surface area contributed by atoms with Crippen LogP contribution < -0.4 is 20.2 Å². The number of hydrogen-bond acceptors (Lipinski definition) is 5. The molecule has 4 rings (SSSR count). The van der Waals surface area contributed by atoms with Crippen LogP contribution >= 0.6 is 0 Å². The van der Waals surface area contributed by atoms with Crippen LogP contribution in [0.15, 0.2) is 47.3 Å². The minimum absolute atomic E-state index is 0.189. The lowest BCUT2D eigenvalue weighted by Gasteiger charge is -2.10. The molecule has 0 radical (unpaired) electrons. The zero-order chi connectivity index (χ0) is 17.2. The number of nitrogens with one attached hydrogen (secondary N) is 2.